The number of hydrogen-bond donors (Lipinski definition) is 2. The van der Waals surface area contributed by atoms with E-state index in [4.69, 9.17) is 4.42 Å². The molecular weight excluding hydrogens is 396 g/mol. The number of anilines is 1. The summed E-state index contributed by atoms with van der Waals surface area (Å²) in [6.07, 6.45) is 3.49. The third-order valence-electron chi connectivity index (χ3n) is 3.94. The van der Waals surface area contributed by atoms with Crippen LogP contribution in [0.25, 0.3) is 0 Å². The number of thioether (sulfide) groups is 1. The Morgan fingerprint density at radius 2 is 1.86 bits per heavy atom. The van der Waals surface area contributed by atoms with Crippen molar-refractivity contribution in [1.82, 2.24) is 4.72 Å². The van der Waals surface area contributed by atoms with Gasteiger partial charge in [-0.1, -0.05) is 12.1 Å². The number of sulfonamides is 1. The molecule has 2 N–H and O–H groups in total. The third-order valence-corrected chi connectivity index (χ3v) is 5.98. The molecule has 0 fully saturated rings. The van der Waals surface area contributed by atoms with Gasteiger partial charge in [0.05, 0.1) is 17.7 Å². The Morgan fingerprint density at radius 3 is 2.54 bits per heavy atom. The van der Waals surface area contributed by atoms with E-state index in [-0.39, 0.29) is 17.3 Å². The Hall–Kier alpha value is -2.55. The van der Waals surface area contributed by atoms with Crippen molar-refractivity contribution in [3.8, 4) is 0 Å². The first kappa shape index (κ1) is 20.2. The van der Waals surface area contributed by atoms with E-state index in [1.807, 2.05) is 24.5 Å². The number of furan rings is 1. The van der Waals surface area contributed by atoms with E-state index < -0.39 is 10.0 Å². The molecule has 146 valence electrons. The maximum absolute atomic E-state index is 12.4. The smallest absolute Gasteiger partial charge is 0.255 e. The van der Waals surface area contributed by atoms with Crippen molar-refractivity contribution in [2.45, 2.75) is 17.2 Å². The van der Waals surface area contributed by atoms with Gasteiger partial charge in [-0.2, -0.15) is 11.8 Å². The number of hydrogen-bond acceptors (Lipinski definition) is 5. The van der Waals surface area contributed by atoms with E-state index >= 15 is 0 Å². The number of rotatable bonds is 8. The summed E-state index contributed by atoms with van der Waals surface area (Å²) >= 11 is 1.69. The van der Waals surface area contributed by atoms with Crippen LogP contribution in [0.3, 0.4) is 0 Å². The van der Waals surface area contributed by atoms with Crippen LogP contribution in [0.5, 0.6) is 0 Å². The van der Waals surface area contributed by atoms with Crippen LogP contribution in [0.1, 0.15) is 21.7 Å². The summed E-state index contributed by atoms with van der Waals surface area (Å²) in [4.78, 5) is 12.5. The fraction of sp³-hybridized carbons (Fsp3) is 0.150. The molecule has 3 rings (SSSR count). The molecule has 0 spiro atoms. The highest BCUT2D eigenvalue weighted by Crippen LogP contribution is 2.17. The van der Waals surface area contributed by atoms with Gasteiger partial charge in [0, 0.05) is 17.0 Å². The van der Waals surface area contributed by atoms with Gasteiger partial charge in [-0.05, 0) is 60.4 Å². The first-order valence-corrected chi connectivity index (χ1v) is 11.4. The molecule has 3 aromatic rings. The second-order valence-corrected chi connectivity index (χ2v) is 8.65. The van der Waals surface area contributed by atoms with Gasteiger partial charge in [-0.15, -0.1) is 0 Å². The molecule has 0 aliphatic heterocycles. The van der Waals surface area contributed by atoms with Gasteiger partial charge in [0.25, 0.3) is 5.91 Å². The molecule has 1 heterocycles. The molecular formula is C20H20N2O4S2. The minimum absolute atomic E-state index is 0.0696. The fourth-order valence-electron chi connectivity index (χ4n) is 2.55. The number of nitrogens with one attached hydrogen (secondary N) is 2. The van der Waals surface area contributed by atoms with Crippen LogP contribution in [0.2, 0.25) is 0 Å². The summed E-state index contributed by atoms with van der Waals surface area (Å²) in [5, 5.41) is 2.78. The van der Waals surface area contributed by atoms with Crippen LogP contribution >= 0.6 is 11.8 Å². The van der Waals surface area contributed by atoms with E-state index in [1.165, 1.54) is 18.4 Å². The van der Waals surface area contributed by atoms with Crippen molar-refractivity contribution in [3.63, 3.8) is 0 Å². The largest absolute Gasteiger partial charge is 0.468 e. The zero-order valence-electron chi connectivity index (χ0n) is 15.2. The number of carbonyl (C=O) groups is 1. The van der Waals surface area contributed by atoms with Crippen LogP contribution in [-0.2, 0) is 22.3 Å². The van der Waals surface area contributed by atoms with Crippen LogP contribution in [0.4, 0.5) is 5.69 Å². The Balaban J connectivity index is 1.65. The number of benzene rings is 2. The third kappa shape index (κ3) is 5.25. The van der Waals surface area contributed by atoms with Gasteiger partial charge in [-0.25, -0.2) is 13.1 Å². The summed E-state index contributed by atoms with van der Waals surface area (Å²) in [5.74, 6) is 1.12. The van der Waals surface area contributed by atoms with Gasteiger partial charge in [0.1, 0.15) is 5.76 Å². The summed E-state index contributed by atoms with van der Waals surface area (Å²) in [6.45, 7) is 0.0696. The maximum atomic E-state index is 12.4. The van der Waals surface area contributed by atoms with Crippen LogP contribution < -0.4 is 10.0 Å². The highest BCUT2D eigenvalue weighted by atomic mass is 32.2. The van der Waals surface area contributed by atoms with Gasteiger partial charge in [-0.3, -0.25) is 4.79 Å². The average Bonchev–Trinajstić information content (AvgIpc) is 3.21. The van der Waals surface area contributed by atoms with Crippen molar-refractivity contribution in [3.05, 3.63) is 83.8 Å². The summed E-state index contributed by atoms with van der Waals surface area (Å²) in [7, 11) is -3.67. The molecule has 0 unspecified atom stereocenters. The second kappa shape index (κ2) is 9.09. The molecule has 6 nitrogen and oxygen atoms in total. The van der Waals surface area contributed by atoms with Crippen molar-refractivity contribution >= 4 is 33.4 Å². The van der Waals surface area contributed by atoms with E-state index in [0.29, 0.717) is 17.0 Å². The summed E-state index contributed by atoms with van der Waals surface area (Å²) in [5.41, 5.74) is 2.15. The molecule has 0 bridgehead atoms. The Bertz CT molecular complexity index is 1030. The lowest BCUT2D eigenvalue weighted by molar-refractivity contribution is 0.102. The van der Waals surface area contributed by atoms with Crippen molar-refractivity contribution in [2.24, 2.45) is 0 Å². The van der Waals surface area contributed by atoms with E-state index in [1.54, 1.807) is 42.1 Å². The van der Waals surface area contributed by atoms with Crippen molar-refractivity contribution in [1.29, 1.82) is 0 Å². The van der Waals surface area contributed by atoms with E-state index in [2.05, 4.69) is 10.0 Å². The predicted octanol–water partition coefficient (Wildman–Crippen LogP) is 3.87. The van der Waals surface area contributed by atoms with Gasteiger partial charge < -0.3 is 9.73 Å². The molecule has 2 aromatic carbocycles. The molecule has 0 saturated carbocycles. The minimum Gasteiger partial charge on any atom is -0.468 e. The topological polar surface area (TPSA) is 88.4 Å². The number of carbonyl (C=O) groups excluding carboxylic acids is 1. The zero-order valence-corrected chi connectivity index (χ0v) is 16.8. The molecule has 8 heteroatoms. The SMILES string of the molecule is CSCc1cccc(C(=O)Nc2ccc(S(=O)(=O)NCc3ccco3)cc2)c1. The lowest BCUT2D eigenvalue weighted by Crippen LogP contribution is -2.23. The van der Waals surface area contributed by atoms with Crippen LogP contribution in [0.15, 0.2) is 76.2 Å². The van der Waals surface area contributed by atoms with Gasteiger partial charge in [0.15, 0.2) is 0 Å². The predicted molar refractivity (Wildman–Crippen MR) is 111 cm³/mol. The highest BCUT2D eigenvalue weighted by Gasteiger charge is 2.15. The number of amides is 1. The van der Waals surface area contributed by atoms with Gasteiger partial charge >= 0.3 is 0 Å². The zero-order chi connectivity index (χ0) is 20.0. The second-order valence-electron chi connectivity index (χ2n) is 6.02. The molecule has 28 heavy (non-hydrogen) atoms. The summed E-state index contributed by atoms with van der Waals surface area (Å²) < 4.78 is 32.3. The Labute approximate surface area is 168 Å². The average molecular weight is 417 g/mol. The Morgan fingerprint density at radius 1 is 1.07 bits per heavy atom. The first-order valence-electron chi connectivity index (χ1n) is 8.49. The maximum Gasteiger partial charge on any atom is 0.255 e. The van der Waals surface area contributed by atoms with Gasteiger partial charge in [0.2, 0.25) is 10.0 Å². The van der Waals surface area contributed by atoms with E-state index in [9.17, 15) is 13.2 Å². The monoisotopic (exact) mass is 416 g/mol. The van der Waals surface area contributed by atoms with Crippen molar-refractivity contribution < 1.29 is 17.6 Å². The molecule has 0 aliphatic rings. The molecule has 0 aliphatic carbocycles. The van der Waals surface area contributed by atoms with Crippen LogP contribution in [0, 0.1) is 0 Å². The van der Waals surface area contributed by atoms with E-state index in [0.717, 1.165) is 11.3 Å². The standard InChI is InChI=1S/C20H20N2O4S2/c1-27-14-15-4-2-5-16(12-15)20(23)22-17-7-9-19(10-8-17)28(24,25)21-13-18-6-3-11-26-18/h2-12,21H,13-14H2,1H3,(H,22,23). The molecule has 0 saturated heterocycles. The molecule has 1 aromatic heterocycles. The van der Waals surface area contributed by atoms with Crippen molar-refractivity contribution in [2.75, 3.05) is 11.6 Å². The first-order chi connectivity index (χ1) is 13.5. The molecule has 1 amide bonds. The fourth-order valence-corrected chi connectivity index (χ4v) is 4.06. The molecule has 0 atom stereocenters. The minimum atomic E-state index is -3.67. The lowest BCUT2D eigenvalue weighted by atomic mass is 10.1. The Kier molecular flexibility index (Phi) is 6.56. The highest BCUT2D eigenvalue weighted by molar-refractivity contribution is 7.97. The quantitative estimate of drug-likeness (QED) is 0.582. The lowest BCUT2D eigenvalue weighted by Gasteiger charge is -2.09. The summed E-state index contributed by atoms with van der Waals surface area (Å²) in [6, 6.07) is 16.8. The normalized spacial score (nSPS) is 11.3. The van der Waals surface area contributed by atoms with Crippen LogP contribution in [-0.4, -0.2) is 20.6 Å². The molecule has 0 radical (unpaired) electrons.